The van der Waals surface area contributed by atoms with Crippen molar-refractivity contribution >= 4 is 11.9 Å². The molecule has 0 saturated carbocycles. The van der Waals surface area contributed by atoms with Gasteiger partial charge >= 0.3 is 5.97 Å². The number of ether oxygens (including phenoxy) is 1. The SMILES string of the molecule is CC1=NC(=CN(C)C)C(=O)O1. The second-order valence-electron chi connectivity index (χ2n) is 2.50. The standard InChI is InChI=1S/C7H10N2O2/c1-5-8-6(4-9(2)3)7(10)11-5/h4H,1-3H3. The minimum absolute atomic E-state index is 0.354. The van der Waals surface area contributed by atoms with Crippen molar-refractivity contribution in [3.63, 3.8) is 0 Å². The van der Waals surface area contributed by atoms with Crippen LogP contribution in [0.4, 0.5) is 0 Å². The Hall–Kier alpha value is -1.32. The van der Waals surface area contributed by atoms with Gasteiger partial charge in [-0.05, 0) is 0 Å². The molecule has 1 aliphatic rings. The van der Waals surface area contributed by atoms with Crippen molar-refractivity contribution in [2.24, 2.45) is 4.99 Å². The van der Waals surface area contributed by atoms with E-state index in [-0.39, 0.29) is 5.97 Å². The largest absolute Gasteiger partial charge is 0.407 e. The van der Waals surface area contributed by atoms with Crippen molar-refractivity contribution < 1.29 is 9.53 Å². The number of carbonyl (C=O) groups excluding carboxylic acids is 1. The number of hydrogen-bond acceptors (Lipinski definition) is 4. The normalized spacial score (nSPS) is 20.1. The second kappa shape index (κ2) is 2.74. The summed E-state index contributed by atoms with van der Waals surface area (Å²) >= 11 is 0. The minimum Gasteiger partial charge on any atom is -0.407 e. The molecule has 1 heterocycles. The number of hydrogen-bond donors (Lipinski definition) is 0. The predicted molar refractivity (Wildman–Crippen MR) is 41.0 cm³/mol. The Morgan fingerprint density at radius 3 is 2.55 bits per heavy atom. The molecular formula is C7H10N2O2. The molecule has 0 fully saturated rings. The van der Waals surface area contributed by atoms with Crippen LogP contribution in [-0.4, -0.2) is 30.9 Å². The van der Waals surface area contributed by atoms with Gasteiger partial charge in [-0.25, -0.2) is 9.79 Å². The highest BCUT2D eigenvalue weighted by atomic mass is 16.6. The Kier molecular flexibility index (Phi) is 1.94. The molecule has 0 aromatic heterocycles. The van der Waals surface area contributed by atoms with Crippen LogP contribution in [0.3, 0.4) is 0 Å². The number of rotatable bonds is 1. The highest BCUT2D eigenvalue weighted by molar-refractivity contribution is 6.03. The third-order valence-electron chi connectivity index (χ3n) is 1.11. The summed E-state index contributed by atoms with van der Waals surface area (Å²) in [5.74, 6) is 0.0271. The van der Waals surface area contributed by atoms with Crippen LogP contribution in [0.1, 0.15) is 6.92 Å². The van der Waals surface area contributed by atoms with Gasteiger partial charge in [0.2, 0.25) is 0 Å². The van der Waals surface area contributed by atoms with Gasteiger partial charge in [0.1, 0.15) is 0 Å². The molecule has 1 aliphatic heterocycles. The van der Waals surface area contributed by atoms with Crippen LogP contribution in [0.2, 0.25) is 0 Å². The number of aliphatic imine (C=N–C) groups is 1. The van der Waals surface area contributed by atoms with Gasteiger partial charge < -0.3 is 9.64 Å². The van der Waals surface area contributed by atoms with Gasteiger partial charge in [-0.2, -0.15) is 0 Å². The molecule has 0 aromatic rings. The summed E-state index contributed by atoms with van der Waals surface area (Å²) in [4.78, 5) is 16.5. The van der Waals surface area contributed by atoms with Crippen LogP contribution in [-0.2, 0) is 9.53 Å². The lowest BCUT2D eigenvalue weighted by Crippen LogP contribution is -2.06. The molecule has 0 amide bonds. The maximum atomic E-state index is 10.9. The van der Waals surface area contributed by atoms with E-state index in [0.717, 1.165) is 0 Å². The van der Waals surface area contributed by atoms with Crippen molar-refractivity contribution in [1.29, 1.82) is 0 Å². The first-order valence-electron chi connectivity index (χ1n) is 3.25. The van der Waals surface area contributed by atoms with Crippen molar-refractivity contribution in [1.82, 2.24) is 4.90 Å². The summed E-state index contributed by atoms with van der Waals surface area (Å²) in [5, 5.41) is 0. The molecule has 0 bridgehead atoms. The number of nitrogens with zero attached hydrogens (tertiary/aromatic N) is 2. The quantitative estimate of drug-likeness (QED) is 0.404. The predicted octanol–water partition coefficient (Wildman–Crippen LogP) is 0.365. The molecule has 4 nitrogen and oxygen atoms in total. The van der Waals surface area contributed by atoms with Crippen LogP contribution in [0.25, 0.3) is 0 Å². The van der Waals surface area contributed by atoms with Gasteiger partial charge in [0.05, 0.1) is 0 Å². The molecule has 1 rings (SSSR count). The summed E-state index contributed by atoms with van der Waals surface area (Å²) in [7, 11) is 3.65. The van der Waals surface area contributed by atoms with Crippen LogP contribution < -0.4 is 0 Å². The summed E-state index contributed by atoms with van der Waals surface area (Å²) in [6, 6.07) is 0. The molecule has 0 spiro atoms. The van der Waals surface area contributed by atoms with E-state index in [1.165, 1.54) is 0 Å². The maximum absolute atomic E-state index is 10.9. The van der Waals surface area contributed by atoms with Gasteiger partial charge in [0, 0.05) is 27.2 Å². The van der Waals surface area contributed by atoms with E-state index in [1.54, 1.807) is 18.0 Å². The first-order chi connectivity index (χ1) is 5.09. The third kappa shape index (κ3) is 1.80. The highest BCUT2D eigenvalue weighted by Gasteiger charge is 2.19. The topological polar surface area (TPSA) is 41.9 Å². The van der Waals surface area contributed by atoms with E-state index in [2.05, 4.69) is 4.99 Å². The van der Waals surface area contributed by atoms with E-state index < -0.39 is 0 Å². The van der Waals surface area contributed by atoms with Gasteiger partial charge in [-0.1, -0.05) is 0 Å². The maximum Gasteiger partial charge on any atom is 0.365 e. The van der Waals surface area contributed by atoms with Crippen LogP contribution in [0.5, 0.6) is 0 Å². The number of esters is 1. The zero-order valence-corrected chi connectivity index (χ0v) is 6.79. The van der Waals surface area contributed by atoms with Crippen LogP contribution in [0, 0.1) is 0 Å². The average molecular weight is 154 g/mol. The Balaban J connectivity index is 2.81. The molecule has 0 aliphatic carbocycles. The van der Waals surface area contributed by atoms with Crippen LogP contribution >= 0.6 is 0 Å². The zero-order chi connectivity index (χ0) is 8.43. The van der Waals surface area contributed by atoms with Gasteiger partial charge in [-0.3, -0.25) is 0 Å². The first kappa shape index (κ1) is 7.78. The molecule has 0 N–H and O–H groups in total. The van der Waals surface area contributed by atoms with Crippen molar-refractivity contribution in [2.75, 3.05) is 14.1 Å². The molecule has 11 heavy (non-hydrogen) atoms. The van der Waals surface area contributed by atoms with Gasteiger partial charge in [0.25, 0.3) is 0 Å². The molecule has 0 atom stereocenters. The average Bonchev–Trinajstić information content (AvgIpc) is 2.09. The van der Waals surface area contributed by atoms with E-state index in [4.69, 9.17) is 4.74 Å². The Bertz CT molecular complexity index is 241. The first-order valence-corrected chi connectivity index (χ1v) is 3.25. The fourth-order valence-electron chi connectivity index (χ4n) is 0.751. The van der Waals surface area contributed by atoms with E-state index in [9.17, 15) is 4.79 Å². The molecule has 0 unspecified atom stereocenters. The van der Waals surface area contributed by atoms with Crippen molar-refractivity contribution in [3.05, 3.63) is 11.9 Å². The number of cyclic esters (lactones) is 1. The van der Waals surface area contributed by atoms with Gasteiger partial charge in [-0.15, -0.1) is 0 Å². The molecular weight excluding hydrogens is 144 g/mol. The second-order valence-corrected chi connectivity index (χ2v) is 2.50. The van der Waals surface area contributed by atoms with Crippen LogP contribution in [0.15, 0.2) is 16.9 Å². The lowest BCUT2D eigenvalue weighted by Gasteiger charge is -2.02. The summed E-state index contributed by atoms with van der Waals surface area (Å²) in [6.07, 6.45) is 1.62. The molecule has 0 aromatic carbocycles. The molecule has 60 valence electrons. The fraction of sp³-hybridized carbons (Fsp3) is 0.429. The Labute approximate surface area is 65.2 Å². The fourth-order valence-corrected chi connectivity index (χ4v) is 0.751. The zero-order valence-electron chi connectivity index (χ0n) is 6.79. The van der Waals surface area contributed by atoms with Crippen molar-refractivity contribution in [2.45, 2.75) is 6.92 Å². The van der Waals surface area contributed by atoms with Gasteiger partial charge in [0.15, 0.2) is 11.6 Å². The summed E-state index contributed by atoms with van der Waals surface area (Å²) in [5.41, 5.74) is 0.354. The van der Waals surface area contributed by atoms with Crippen molar-refractivity contribution in [3.8, 4) is 0 Å². The smallest absolute Gasteiger partial charge is 0.365 e. The summed E-state index contributed by atoms with van der Waals surface area (Å²) < 4.78 is 4.69. The lowest BCUT2D eigenvalue weighted by atomic mass is 10.5. The molecule has 0 saturated heterocycles. The Morgan fingerprint density at radius 2 is 2.18 bits per heavy atom. The summed E-state index contributed by atoms with van der Waals surface area (Å²) in [6.45, 7) is 1.65. The monoisotopic (exact) mass is 154 g/mol. The van der Waals surface area contributed by atoms with E-state index in [1.807, 2.05) is 14.1 Å². The Morgan fingerprint density at radius 1 is 1.55 bits per heavy atom. The van der Waals surface area contributed by atoms with E-state index in [0.29, 0.717) is 11.6 Å². The van der Waals surface area contributed by atoms with E-state index >= 15 is 0 Å². The third-order valence-corrected chi connectivity index (χ3v) is 1.11. The highest BCUT2D eigenvalue weighted by Crippen LogP contribution is 2.09. The lowest BCUT2D eigenvalue weighted by molar-refractivity contribution is -0.130. The number of carbonyl (C=O) groups is 1. The minimum atomic E-state index is -0.379. The molecule has 4 heteroatoms. The molecule has 0 radical (unpaired) electrons.